The number of morpholine rings is 1. The maximum Gasteiger partial charge on any atom is 0.0961 e. The van der Waals surface area contributed by atoms with Crippen molar-refractivity contribution < 1.29 is 9.47 Å². The molecule has 0 aromatic heterocycles. The predicted molar refractivity (Wildman–Crippen MR) is 63.6 cm³/mol. The lowest BCUT2D eigenvalue weighted by Gasteiger charge is -2.10. The van der Waals surface area contributed by atoms with E-state index in [0.717, 1.165) is 50.7 Å². The van der Waals surface area contributed by atoms with Gasteiger partial charge in [-0.15, -0.1) is 0 Å². The Hall–Kier alpha value is -0.800. The van der Waals surface area contributed by atoms with Gasteiger partial charge in [-0.2, -0.15) is 0 Å². The molecule has 3 nitrogen and oxygen atoms in total. The molecule has 88 valence electrons. The minimum atomic E-state index is 0.793. The number of ether oxygens (including phenoxy) is 2. The molecule has 0 aromatic rings. The Balaban J connectivity index is 0.000000280. The molecular formula is C12H23NO2. The number of hydrogen-bond donors (Lipinski definition) is 1. The van der Waals surface area contributed by atoms with Crippen LogP contribution in [0.2, 0.25) is 0 Å². The van der Waals surface area contributed by atoms with Crippen LogP contribution in [0.3, 0.4) is 0 Å². The largest absolute Gasteiger partial charge is 0.467 e. The van der Waals surface area contributed by atoms with Crippen LogP contribution in [0.5, 0.6) is 0 Å². The number of nitrogens with one attached hydrogen (secondary N) is 1. The third-order valence-corrected chi connectivity index (χ3v) is 1.92. The smallest absolute Gasteiger partial charge is 0.0961 e. The molecule has 3 heteroatoms. The maximum atomic E-state index is 5.16. The summed E-state index contributed by atoms with van der Waals surface area (Å²) < 4.78 is 10.2. The Morgan fingerprint density at radius 3 is 1.80 bits per heavy atom. The van der Waals surface area contributed by atoms with E-state index < -0.39 is 0 Å². The van der Waals surface area contributed by atoms with Crippen molar-refractivity contribution in [2.75, 3.05) is 26.3 Å². The molecule has 15 heavy (non-hydrogen) atoms. The van der Waals surface area contributed by atoms with Crippen LogP contribution in [-0.4, -0.2) is 26.3 Å². The van der Waals surface area contributed by atoms with Gasteiger partial charge >= 0.3 is 0 Å². The van der Waals surface area contributed by atoms with Crippen LogP contribution >= 0.6 is 0 Å². The summed E-state index contributed by atoms with van der Waals surface area (Å²) in [6.07, 6.45) is 1.72. The fraction of sp³-hybridized carbons (Fsp3) is 0.667. The minimum absolute atomic E-state index is 0.793. The molecule has 0 amide bonds. The van der Waals surface area contributed by atoms with Crippen LogP contribution in [0.15, 0.2) is 24.7 Å². The molecule has 1 rings (SSSR count). The molecule has 1 saturated heterocycles. The lowest BCUT2D eigenvalue weighted by atomic mass is 10.4. The molecule has 0 atom stereocenters. The van der Waals surface area contributed by atoms with Gasteiger partial charge in [-0.1, -0.05) is 27.0 Å². The molecule has 0 spiro atoms. The first kappa shape index (κ1) is 14.2. The Kier molecular flexibility index (Phi) is 9.22. The van der Waals surface area contributed by atoms with Crippen molar-refractivity contribution in [1.29, 1.82) is 0 Å². The average Bonchev–Trinajstić information content (AvgIpc) is 2.31. The normalized spacial score (nSPS) is 14.8. The summed E-state index contributed by atoms with van der Waals surface area (Å²) in [5.41, 5.74) is 0. The van der Waals surface area contributed by atoms with E-state index in [1.54, 1.807) is 0 Å². The molecule has 1 heterocycles. The first-order valence-electron chi connectivity index (χ1n) is 5.52. The zero-order valence-electron chi connectivity index (χ0n) is 9.97. The Labute approximate surface area is 93.2 Å². The van der Waals surface area contributed by atoms with Crippen molar-refractivity contribution in [2.45, 2.75) is 26.7 Å². The molecule has 1 N–H and O–H groups in total. The summed E-state index contributed by atoms with van der Waals surface area (Å²) in [5.74, 6) is 1.59. The quantitative estimate of drug-likeness (QED) is 0.728. The van der Waals surface area contributed by atoms with E-state index in [1.165, 1.54) is 0 Å². The van der Waals surface area contributed by atoms with Crippen molar-refractivity contribution in [3.8, 4) is 0 Å². The van der Waals surface area contributed by atoms with E-state index in [9.17, 15) is 0 Å². The van der Waals surface area contributed by atoms with Gasteiger partial charge in [0.25, 0.3) is 0 Å². The highest BCUT2D eigenvalue weighted by atomic mass is 16.5. The van der Waals surface area contributed by atoms with Crippen LogP contribution in [0.1, 0.15) is 26.7 Å². The summed E-state index contributed by atoms with van der Waals surface area (Å²) in [6, 6.07) is 0. The molecular weight excluding hydrogens is 190 g/mol. The number of rotatable bonds is 4. The topological polar surface area (TPSA) is 30.5 Å². The summed E-state index contributed by atoms with van der Waals surface area (Å²) in [5, 5.41) is 3.16. The van der Waals surface area contributed by atoms with Crippen LogP contribution < -0.4 is 5.32 Å². The van der Waals surface area contributed by atoms with Crippen molar-refractivity contribution in [3.05, 3.63) is 24.7 Å². The van der Waals surface area contributed by atoms with Gasteiger partial charge in [0.05, 0.1) is 24.7 Å². The summed E-state index contributed by atoms with van der Waals surface area (Å²) in [6.45, 7) is 15.2. The zero-order valence-corrected chi connectivity index (χ0v) is 9.97. The second-order valence-electron chi connectivity index (χ2n) is 3.25. The van der Waals surface area contributed by atoms with Crippen molar-refractivity contribution >= 4 is 0 Å². The lowest BCUT2D eigenvalue weighted by molar-refractivity contribution is 0.109. The third kappa shape index (κ3) is 9.50. The van der Waals surface area contributed by atoms with Crippen LogP contribution in [-0.2, 0) is 9.47 Å². The highest BCUT2D eigenvalue weighted by Gasteiger charge is 1.93. The monoisotopic (exact) mass is 213 g/mol. The van der Waals surface area contributed by atoms with E-state index in [-0.39, 0.29) is 0 Å². The molecule has 0 saturated carbocycles. The Morgan fingerprint density at radius 2 is 1.60 bits per heavy atom. The first-order valence-corrected chi connectivity index (χ1v) is 5.52. The van der Waals surface area contributed by atoms with Gasteiger partial charge in [0.1, 0.15) is 0 Å². The van der Waals surface area contributed by atoms with Crippen molar-refractivity contribution in [1.82, 2.24) is 5.32 Å². The SMILES string of the molecule is C1COCCN1.C=C(CC)OC(=C)CC. The minimum Gasteiger partial charge on any atom is -0.467 e. The van der Waals surface area contributed by atoms with Gasteiger partial charge in [0.15, 0.2) is 0 Å². The third-order valence-electron chi connectivity index (χ3n) is 1.92. The molecule has 1 aliphatic heterocycles. The van der Waals surface area contributed by atoms with Gasteiger partial charge < -0.3 is 14.8 Å². The van der Waals surface area contributed by atoms with Gasteiger partial charge in [-0.3, -0.25) is 0 Å². The highest BCUT2D eigenvalue weighted by molar-refractivity contribution is 4.91. The number of allylic oxidation sites excluding steroid dienone is 2. The van der Waals surface area contributed by atoms with E-state index in [4.69, 9.17) is 9.47 Å². The van der Waals surface area contributed by atoms with Crippen molar-refractivity contribution in [2.24, 2.45) is 0 Å². The summed E-state index contributed by atoms with van der Waals surface area (Å²) in [4.78, 5) is 0. The Morgan fingerprint density at radius 1 is 1.13 bits per heavy atom. The lowest BCUT2D eigenvalue weighted by Crippen LogP contribution is -2.30. The van der Waals surface area contributed by atoms with E-state index in [1.807, 2.05) is 13.8 Å². The van der Waals surface area contributed by atoms with Gasteiger partial charge in [-0.25, -0.2) is 0 Å². The molecule has 0 radical (unpaired) electrons. The van der Waals surface area contributed by atoms with Crippen LogP contribution in [0.4, 0.5) is 0 Å². The molecule has 0 aromatic carbocycles. The molecule has 1 fully saturated rings. The average molecular weight is 213 g/mol. The zero-order chi connectivity index (χ0) is 11.5. The fourth-order valence-corrected chi connectivity index (χ4v) is 0.864. The van der Waals surface area contributed by atoms with Crippen LogP contribution in [0, 0.1) is 0 Å². The summed E-state index contributed by atoms with van der Waals surface area (Å²) >= 11 is 0. The number of hydrogen-bond acceptors (Lipinski definition) is 3. The van der Waals surface area contributed by atoms with Gasteiger partial charge in [-0.05, 0) is 0 Å². The van der Waals surface area contributed by atoms with Crippen LogP contribution in [0.25, 0.3) is 0 Å². The van der Waals surface area contributed by atoms with E-state index >= 15 is 0 Å². The second-order valence-corrected chi connectivity index (χ2v) is 3.25. The maximum absolute atomic E-state index is 5.16. The predicted octanol–water partition coefficient (Wildman–Crippen LogP) is 2.46. The fourth-order valence-electron chi connectivity index (χ4n) is 0.864. The molecule has 0 unspecified atom stereocenters. The standard InChI is InChI=1S/C8H14O.C4H9NO/c1-5-7(3)9-8(4)6-2;1-3-6-4-2-5-1/h3-6H2,1-2H3;5H,1-4H2. The molecule has 0 bridgehead atoms. The van der Waals surface area contributed by atoms with Crippen molar-refractivity contribution in [3.63, 3.8) is 0 Å². The molecule has 0 aliphatic carbocycles. The Bertz CT molecular complexity index is 161. The second kappa shape index (κ2) is 9.74. The highest BCUT2D eigenvalue weighted by Crippen LogP contribution is 2.07. The van der Waals surface area contributed by atoms with E-state index in [2.05, 4.69) is 18.5 Å². The van der Waals surface area contributed by atoms with Gasteiger partial charge in [0.2, 0.25) is 0 Å². The van der Waals surface area contributed by atoms with E-state index in [0.29, 0.717) is 0 Å². The van der Waals surface area contributed by atoms with Gasteiger partial charge in [0, 0.05) is 25.9 Å². The first-order chi connectivity index (χ1) is 7.20. The summed E-state index contributed by atoms with van der Waals surface area (Å²) in [7, 11) is 0. The molecule has 1 aliphatic rings.